The number of aromatic nitrogens is 2. The standard InChI is InChI=1S/C13H18N4OS/c1-3-10(11-5-4-6-19-11)16-13(18)12(14)9-7-15-17(2)8-9/h4-8,10,12H,3,14H2,1-2H3,(H,16,18). The summed E-state index contributed by atoms with van der Waals surface area (Å²) in [7, 11) is 1.80. The Balaban J connectivity index is 2.03. The molecule has 0 saturated carbocycles. The van der Waals surface area contributed by atoms with Crippen molar-refractivity contribution < 1.29 is 4.79 Å². The summed E-state index contributed by atoms with van der Waals surface area (Å²) in [6, 6.07) is 3.35. The first kappa shape index (κ1) is 13.8. The normalized spacial score (nSPS) is 14.1. The number of nitrogens with one attached hydrogen (secondary N) is 1. The van der Waals surface area contributed by atoms with Crippen molar-refractivity contribution in [1.29, 1.82) is 0 Å². The summed E-state index contributed by atoms with van der Waals surface area (Å²) in [5, 5.41) is 9.02. The molecule has 1 amide bonds. The van der Waals surface area contributed by atoms with Gasteiger partial charge in [0.2, 0.25) is 5.91 Å². The Labute approximate surface area is 116 Å². The Morgan fingerprint density at radius 2 is 2.42 bits per heavy atom. The lowest BCUT2D eigenvalue weighted by Gasteiger charge is -2.18. The van der Waals surface area contributed by atoms with E-state index in [0.717, 1.165) is 16.9 Å². The number of amides is 1. The molecule has 0 saturated heterocycles. The zero-order valence-corrected chi connectivity index (χ0v) is 11.9. The van der Waals surface area contributed by atoms with Crippen LogP contribution in [0.1, 0.15) is 35.9 Å². The van der Waals surface area contributed by atoms with Gasteiger partial charge in [0, 0.05) is 23.7 Å². The van der Waals surface area contributed by atoms with Crippen molar-refractivity contribution >= 4 is 17.2 Å². The SMILES string of the molecule is CCC(NC(=O)C(N)c1cnn(C)c1)c1cccs1. The van der Waals surface area contributed by atoms with Crippen LogP contribution in [0.4, 0.5) is 0 Å². The fourth-order valence-electron chi connectivity index (χ4n) is 1.88. The molecule has 5 nitrogen and oxygen atoms in total. The highest BCUT2D eigenvalue weighted by Gasteiger charge is 2.21. The third-order valence-corrected chi connectivity index (χ3v) is 3.96. The quantitative estimate of drug-likeness (QED) is 0.875. The van der Waals surface area contributed by atoms with Gasteiger partial charge in [0.1, 0.15) is 6.04 Å². The van der Waals surface area contributed by atoms with Gasteiger partial charge in [-0.25, -0.2) is 0 Å². The highest BCUT2D eigenvalue weighted by atomic mass is 32.1. The van der Waals surface area contributed by atoms with Crippen molar-refractivity contribution in [1.82, 2.24) is 15.1 Å². The number of aryl methyl sites for hydroxylation is 1. The summed E-state index contributed by atoms with van der Waals surface area (Å²) in [6.45, 7) is 2.04. The summed E-state index contributed by atoms with van der Waals surface area (Å²) in [4.78, 5) is 13.3. The van der Waals surface area contributed by atoms with Crippen LogP contribution in [0.5, 0.6) is 0 Å². The molecule has 2 rings (SSSR count). The van der Waals surface area contributed by atoms with Crippen LogP contribution in [0, 0.1) is 0 Å². The Kier molecular flexibility index (Phi) is 4.34. The molecule has 0 aliphatic heterocycles. The first-order valence-corrected chi connectivity index (χ1v) is 7.07. The summed E-state index contributed by atoms with van der Waals surface area (Å²) in [5.74, 6) is -0.173. The molecule has 102 valence electrons. The van der Waals surface area contributed by atoms with Crippen LogP contribution in [0.2, 0.25) is 0 Å². The third-order valence-electron chi connectivity index (χ3n) is 2.98. The van der Waals surface area contributed by atoms with Crippen molar-refractivity contribution in [2.45, 2.75) is 25.4 Å². The van der Waals surface area contributed by atoms with Crippen LogP contribution < -0.4 is 11.1 Å². The Morgan fingerprint density at radius 3 is 2.95 bits per heavy atom. The van der Waals surface area contributed by atoms with Gasteiger partial charge in [-0.1, -0.05) is 13.0 Å². The fraction of sp³-hybridized carbons (Fsp3) is 0.385. The zero-order valence-electron chi connectivity index (χ0n) is 11.0. The first-order valence-electron chi connectivity index (χ1n) is 6.19. The van der Waals surface area contributed by atoms with E-state index < -0.39 is 6.04 Å². The van der Waals surface area contributed by atoms with Gasteiger partial charge in [-0.05, 0) is 17.9 Å². The number of hydrogen-bond acceptors (Lipinski definition) is 4. The fourth-order valence-corrected chi connectivity index (χ4v) is 2.74. The summed E-state index contributed by atoms with van der Waals surface area (Å²) < 4.78 is 1.64. The van der Waals surface area contributed by atoms with E-state index in [9.17, 15) is 4.79 Å². The van der Waals surface area contributed by atoms with Crippen molar-refractivity contribution in [3.8, 4) is 0 Å². The van der Waals surface area contributed by atoms with E-state index in [0.29, 0.717) is 0 Å². The molecule has 2 aromatic rings. The summed E-state index contributed by atoms with van der Waals surface area (Å²) in [5.41, 5.74) is 6.67. The van der Waals surface area contributed by atoms with Crippen molar-refractivity contribution in [2.75, 3.05) is 0 Å². The van der Waals surface area contributed by atoms with Gasteiger partial charge in [-0.2, -0.15) is 5.10 Å². The molecule has 2 heterocycles. The van der Waals surface area contributed by atoms with Crippen molar-refractivity contribution in [2.24, 2.45) is 12.8 Å². The van der Waals surface area contributed by atoms with Gasteiger partial charge in [0.15, 0.2) is 0 Å². The molecular formula is C13H18N4OS. The Hall–Kier alpha value is -1.66. The maximum atomic E-state index is 12.1. The number of carbonyl (C=O) groups is 1. The van der Waals surface area contributed by atoms with Gasteiger partial charge in [0.25, 0.3) is 0 Å². The monoisotopic (exact) mass is 278 g/mol. The molecule has 0 spiro atoms. The van der Waals surface area contributed by atoms with Crippen LogP contribution >= 0.6 is 11.3 Å². The number of rotatable bonds is 5. The molecule has 2 aromatic heterocycles. The number of thiophene rings is 1. The van der Waals surface area contributed by atoms with E-state index in [1.54, 1.807) is 35.5 Å². The largest absolute Gasteiger partial charge is 0.347 e. The average Bonchev–Trinajstić information content (AvgIpc) is 3.05. The predicted octanol–water partition coefficient (Wildman–Crippen LogP) is 1.75. The van der Waals surface area contributed by atoms with E-state index in [4.69, 9.17) is 5.73 Å². The molecule has 0 radical (unpaired) electrons. The molecule has 2 atom stereocenters. The average molecular weight is 278 g/mol. The maximum Gasteiger partial charge on any atom is 0.242 e. The minimum Gasteiger partial charge on any atom is -0.347 e. The molecule has 0 fully saturated rings. The second-order valence-corrected chi connectivity index (χ2v) is 5.39. The third kappa shape index (κ3) is 3.21. The maximum absolute atomic E-state index is 12.1. The van der Waals surface area contributed by atoms with Gasteiger partial charge < -0.3 is 11.1 Å². The first-order chi connectivity index (χ1) is 9.11. The zero-order chi connectivity index (χ0) is 13.8. The second-order valence-electron chi connectivity index (χ2n) is 4.41. The second kappa shape index (κ2) is 5.99. The Morgan fingerprint density at radius 1 is 1.63 bits per heavy atom. The van der Waals surface area contributed by atoms with E-state index in [1.165, 1.54) is 0 Å². The number of hydrogen-bond donors (Lipinski definition) is 2. The minimum atomic E-state index is -0.678. The van der Waals surface area contributed by atoms with Crippen LogP contribution in [0.15, 0.2) is 29.9 Å². The summed E-state index contributed by atoms with van der Waals surface area (Å²) in [6.07, 6.45) is 4.22. The lowest BCUT2D eigenvalue weighted by atomic mass is 10.1. The van der Waals surface area contributed by atoms with Gasteiger partial charge >= 0.3 is 0 Å². The van der Waals surface area contributed by atoms with Crippen molar-refractivity contribution in [3.05, 3.63) is 40.3 Å². The van der Waals surface area contributed by atoms with Gasteiger partial charge in [-0.15, -0.1) is 11.3 Å². The lowest BCUT2D eigenvalue weighted by molar-refractivity contribution is -0.123. The van der Waals surface area contributed by atoms with Gasteiger partial charge in [0.05, 0.1) is 12.2 Å². The molecule has 0 aliphatic rings. The predicted molar refractivity (Wildman–Crippen MR) is 75.6 cm³/mol. The van der Waals surface area contributed by atoms with Crippen LogP contribution in [-0.2, 0) is 11.8 Å². The van der Waals surface area contributed by atoms with E-state index in [1.807, 2.05) is 24.4 Å². The molecule has 0 aliphatic carbocycles. The van der Waals surface area contributed by atoms with Crippen LogP contribution in [0.25, 0.3) is 0 Å². The van der Waals surface area contributed by atoms with E-state index in [-0.39, 0.29) is 11.9 Å². The molecule has 2 unspecified atom stereocenters. The molecule has 0 bridgehead atoms. The minimum absolute atomic E-state index is 0.0234. The highest BCUT2D eigenvalue weighted by molar-refractivity contribution is 7.10. The molecular weight excluding hydrogens is 260 g/mol. The van der Waals surface area contributed by atoms with Crippen LogP contribution in [-0.4, -0.2) is 15.7 Å². The van der Waals surface area contributed by atoms with E-state index >= 15 is 0 Å². The number of carbonyl (C=O) groups excluding carboxylic acids is 1. The number of nitrogens with two attached hydrogens (primary N) is 1. The molecule has 19 heavy (non-hydrogen) atoms. The molecule has 3 N–H and O–H groups in total. The van der Waals surface area contributed by atoms with Crippen molar-refractivity contribution in [3.63, 3.8) is 0 Å². The number of nitrogens with zero attached hydrogens (tertiary/aromatic N) is 2. The topological polar surface area (TPSA) is 72.9 Å². The van der Waals surface area contributed by atoms with Gasteiger partial charge in [-0.3, -0.25) is 9.48 Å². The Bertz CT molecular complexity index is 535. The van der Waals surface area contributed by atoms with E-state index in [2.05, 4.69) is 10.4 Å². The molecule has 0 aromatic carbocycles. The molecule has 6 heteroatoms. The lowest BCUT2D eigenvalue weighted by Crippen LogP contribution is -2.36. The summed E-state index contributed by atoms with van der Waals surface area (Å²) >= 11 is 1.64. The van der Waals surface area contributed by atoms with Crippen LogP contribution in [0.3, 0.4) is 0 Å². The smallest absolute Gasteiger partial charge is 0.242 e. The highest BCUT2D eigenvalue weighted by Crippen LogP contribution is 2.22.